The Hall–Kier alpha value is -2.11. The molecule has 6 nitrogen and oxygen atoms in total. The molecule has 0 atom stereocenters. The predicted octanol–water partition coefficient (Wildman–Crippen LogP) is 0.921. The fourth-order valence-electron chi connectivity index (χ4n) is 1.61. The first kappa shape index (κ1) is 10.4. The van der Waals surface area contributed by atoms with E-state index in [0.717, 1.165) is 11.4 Å². The molecule has 0 saturated heterocycles. The number of carboxylic acids is 1. The summed E-state index contributed by atoms with van der Waals surface area (Å²) in [5.41, 5.74) is 2.30. The Morgan fingerprint density at radius 3 is 2.44 bits per heavy atom. The number of nitrogens with zero attached hydrogens (tertiary/aromatic N) is 4. The summed E-state index contributed by atoms with van der Waals surface area (Å²) in [7, 11) is 1.81. The second-order valence-electron chi connectivity index (χ2n) is 3.68. The predicted molar refractivity (Wildman–Crippen MR) is 56.8 cm³/mol. The van der Waals surface area contributed by atoms with E-state index in [2.05, 4.69) is 10.2 Å². The molecule has 2 heterocycles. The molecule has 16 heavy (non-hydrogen) atoms. The van der Waals surface area contributed by atoms with Gasteiger partial charge in [-0.2, -0.15) is 10.2 Å². The summed E-state index contributed by atoms with van der Waals surface area (Å²) in [6.45, 7) is 3.57. The lowest BCUT2D eigenvalue weighted by molar-refractivity contribution is 0.0689. The van der Waals surface area contributed by atoms with Crippen LogP contribution in [0.5, 0.6) is 0 Å². The van der Waals surface area contributed by atoms with Crippen LogP contribution in [0.15, 0.2) is 12.4 Å². The topological polar surface area (TPSA) is 72.9 Å². The maximum atomic E-state index is 10.9. The molecule has 84 valence electrons. The SMILES string of the molecule is Cc1cn(-c2cn(C)nc2C)nc1C(=O)O. The van der Waals surface area contributed by atoms with Crippen LogP contribution in [0.2, 0.25) is 0 Å². The number of hydrogen-bond acceptors (Lipinski definition) is 3. The molecular weight excluding hydrogens is 208 g/mol. The van der Waals surface area contributed by atoms with Gasteiger partial charge >= 0.3 is 5.97 Å². The third-order valence-electron chi connectivity index (χ3n) is 2.33. The highest BCUT2D eigenvalue weighted by atomic mass is 16.4. The summed E-state index contributed by atoms with van der Waals surface area (Å²) in [4.78, 5) is 10.9. The minimum atomic E-state index is -1.02. The third-order valence-corrected chi connectivity index (χ3v) is 2.33. The maximum absolute atomic E-state index is 10.9. The second kappa shape index (κ2) is 3.48. The smallest absolute Gasteiger partial charge is 0.356 e. The minimum absolute atomic E-state index is 0.0725. The molecule has 0 saturated carbocycles. The van der Waals surface area contributed by atoms with Crippen LogP contribution in [-0.2, 0) is 7.05 Å². The Balaban J connectivity index is 2.53. The van der Waals surface area contributed by atoms with Gasteiger partial charge in [-0.25, -0.2) is 9.48 Å². The monoisotopic (exact) mass is 220 g/mol. The van der Waals surface area contributed by atoms with Crippen LogP contribution in [0.4, 0.5) is 0 Å². The van der Waals surface area contributed by atoms with Gasteiger partial charge in [0, 0.05) is 18.8 Å². The molecule has 2 aromatic heterocycles. The van der Waals surface area contributed by atoms with Gasteiger partial charge in [-0.15, -0.1) is 0 Å². The average molecular weight is 220 g/mol. The standard InChI is InChI=1S/C10H12N4O2/c1-6-4-14(12-9(6)10(15)16)8-5-13(3)11-7(8)2/h4-5H,1-3H3,(H,15,16). The van der Waals surface area contributed by atoms with Crippen LogP contribution in [0.3, 0.4) is 0 Å². The van der Waals surface area contributed by atoms with Crippen LogP contribution >= 0.6 is 0 Å². The fourth-order valence-corrected chi connectivity index (χ4v) is 1.61. The van der Waals surface area contributed by atoms with Crippen molar-refractivity contribution in [3.63, 3.8) is 0 Å². The van der Waals surface area contributed by atoms with Crippen LogP contribution in [0, 0.1) is 13.8 Å². The van der Waals surface area contributed by atoms with Crippen LogP contribution in [0.1, 0.15) is 21.7 Å². The number of rotatable bonds is 2. The number of aryl methyl sites for hydroxylation is 3. The van der Waals surface area contributed by atoms with Crippen molar-refractivity contribution in [3.05, 3.63) is 29.3 Å². The largest absolute Gasteiger partial charge is 0.476 e. The third kappa shape index (κ3) is 1.58. The lowest BCUT2D eigenvalue weighted by atomic mass is 10.3. The van der Waals surface area contributed by atoms with Gasteiger partial charge in [0.05, 0.1) is 11.9 Å². The number of aromatic nitrogens is 4. The molecular formula is C10H12N4O2. The van der Waals surface area contributed by atoms with Crippen molar-refractivity contribution >= 4 is 5.97 Å². The molecule has 0 aliphatic carbocycles. The van der Waals surface area contributed by atoms with Crippen molar-refractivity contribution < 1.29 is 9.90 Å². The highest BCUT2D eigenvalue weighted by molar-refractivity contribution is 5.86. The zero-order valence-electron chi connectivity index (χ0n) is 9.30. The second-order valence-corrected chi connectivity index (χ2v) is 3.68. The molecule has 0 aromatic carbocycles. The van der Waals surface area contributed by atoms with Gasteiger partial charge in [-0.05, 0) is 13.8 Å². The summed E-state index contributed by atoms with van der Waals surface area (Å²) < 4.78 is 3.21. The molecule has 2 rings (SSSR count). The highest BCUT2D eigenvalue weighted by Gasteiger charge is 2.15. The number of aromatic carboxylic acids is 1. The molecule has 0 radical (unpaired) electrons. The number of carboxylic acid groups (broad SMARTS) is 1. The Morgan fingerprint density at radius 1 is 1.31 bits per heavy atom. The fraction of sp³-hybridized carbons (Fsp3) is 0.300. The Kier molecular flexibility index (Phi) is 2.26. The van der Waals surface area contributed by atoms with E-state index in [1.807, 2.05) is 14.0 Å². The van der Waals surface area contributed by atoms with Gasteiger partial charge in [-0.3, -0.25) is 4.68 Å². The van der Waals surface area contributed by atoms with Gasteiger partial charge < -0.3 is 5.11 Å². The molecule has 0 fully saturated rings. The van der Waals surface area contributed by atoms with E-state index in [1.54, 1.807) is 28.7 Å². The summed E-state index contributed by atoms with van der Waals surface area (Å²) in [5.74, 6) is -1.02. The van der Waals surface area contributed by atoms with Crippen molar-refractivity contribution in [2.45, 2.75) is 13.8 Å². The number of carbonyl (C=O) groups is 1. The van der Waals surface area contributed by atoms with Gasteiger partial charge in [0.2, 0.25) is 0 Å². The molecule has 0 unspecified atom stereocenters. The van der Waals surface area contributed by atoms with Gasteiger partial charge in [0.15, 0.2) is 5.69 Å². The molecule has 2 aromatic rings. The molecule has 1 N–H and O–H groups in total. The van der Waals surface area contributed by atoms with Gasteiger partial charge in [-0.1, -0.05) is 0 Å². The Morgan fingerprint density at radius 2 is 2.00 bits per heavy atom. The van der Waals surface area contributed by atoms with E-state index in [1.165, 1.54) is 0 Å². The van der Waals surface area contributed by atoms with E-state index < -0.39 is 5.97 Å². The summed E-state index contributed by atoms with van der Waals surface area (Å²) in [6, 6.07) is 0. The van der Waals surface area contributed by atoms with Crippen LogP contribution in [0.25, 0.3) is 5.69 Å². The summed E-state index contributed by atoms with van der Waals surface area (Å²) >= 11 is 0. The van der Waals surface area contributed by atoms with Crippen LogP contribution < -0.4 is 0 Å². The van der Waals surface area contributed by atoms with Crippen LogP contribution in [-0.4, -0.2) is 30.6 Å². The van der Waals surface area contributed by atoms with Crippen molar-refractivity contribution in [3.8, 4) is 5.69 Å². The summed E-state index contributed by atoms with van der Waals surface area (Å²) in [6.07, 6.45) is 3.49. The van der Waals surface area contributed by atoms with Gasteiger partial charge in [0.1, 0.15) is 5.69 Å². The Bertz CT molecular complexity index is 553. The van der Waals surface area contributed by atoms with Crippen molar-refractivity contribution in [1.29, 1.82) is 0 Å². The molecule has 0 aliphatic rings. The average Bonchev–Trinajstić information content (AvgIpc) is 2.69. The van der Waals surface area contributed by atoms with Gasteiger partial charge in [0.25, 0.3) is 0 Å². The first-order valence-electron chi connectivity index (χ1n) is 4.79. The quantitative estimate of drug-likeness (QED) is 0.816. The lowest BCUT2D eigenvalue weighted by Gasteiger charge is -1.96. The lowest BCUT2D eigenvalue weighted by Crippen LogP contribution is -2.02. The van der Waals surface area contributed by atoms with Crippen molar-refractivity contribution in [2.24, 2.45) is 7.05 Å². The molecule has 6 heteroatoms. The zero-order valence-corrected chi connectivity index (χ0v) is 9.30. The molecule has 0 aliphatic heterocycles. The molecule has 0 spiro atoms. The molecule has 0 amide bonds. The van der Waals surface area contributed by atoms with Crippen molar-refractivity contribution in [1.82, 2.24) is 19.6 Å². The maximum Gasteiger partial charge on any atom is 0.356 e. The van der Waals surface area contributed by atoms with Crippen molar-refractivity contribution in [2.75, 3.05) is 0 Å². The Labute approximate surface area is 92.1 Å². The molecule has 0 bridgehead atoms. The van der Waals surface area contributed by atoms with E-state index in [9.17, 15) is 4.79 Å². The van der Waals surface area contributed by atoms with E-state index in [4.69, 9.17) is 5.11 Å². The first-order chi connectivity index (χ1) is 7.49. The van der Waals surface area contributed by atoms with E-state index in [-0.39, 0.29) is 5.69 Å². The number of hydrogen-bond donors (Lipinski definition) is 1. The summed E-state index contributed by atoms with van der Waals surface area (Å²) in [5, 5.41) is 17.1. The minimum Gasteiger partial charge on any atom is -0.476 e. The zero-order chi connectivity index (χ0) is 11.9. The normalized spacial score (nSPS) is 10.7. The van der Waals surface area contributed by atoms with E-state index >= 15 is 0 Å². The first-order valence-corrected chi connectivity index (χ1v) is 4.79. The highest BCUT2D eigenvalue weighted by Crippen LogP contribution is 2.14. The van der Waals surface area contributed by atoms with E-state index in [0.29, 0.717) is 5.56 Å².